The molecule has 1 unspecified atom stereocenters. The summed E-state index contributed by atoms with van der Waals surface area (Å²) in [6.07, 6.45) is 0.924. The minimum absolute atomic E-state index is 0.00532. The van der Waals surface area contributed by atoms with Crippen molar-refractivity contribution in [1.29, 1.82) is 0 Å². The molecule has 0 aliphatic carbocycles. The Labute approximate surface area is 94.1 Å². The number of rotatable bonds is 5. The Morgan fingerprint density at radius 2 is 2.33 bits per heavy atom. The van der Waals surface area contributed by atoms with E-state index in [1.807, 2.05) is 19.2 Å². The van der Waals surface area contributed by atoms with Gasteiger partial charge >= 0.3 is 0 Å². The number of likely N-dealkylation sites (N-methyl/N-ethyl adjacent to an activating group) is 1. The van der Waals surface area contributed by atoms with Crippen LogP contribution in [-0.4, -0.2) is 23.5 Å². The highest BCUT2D eigenvalue weighted by Crippen LogP contribution is 2.16. The standard InChI is InChI=1S/C10H17N3OS/c1-4-8-6-15-10(13-8)12-7(3)9(14)11-5-2/h6-7H,4-5H2,1-3H3,(H,11,14)(H,12,13). The molecule has 0 radical (unpaired) electrons. The molecule has 1 aromatic rings. The van der Waals surface area contributed by atoms with Crippen LogP contribution in [-0.2, 0) is 11.2 Å². The topological polar surface area (TPSA) is 54.0 Å². The Balaban J connectivity index is 2.50. The average molecular weight is 227 g/mol. The molecule has 15 heavy (non-hydrogen) atoms. The van der Waals surface area contributed by atoms with Gasteiger partial charge in [0, 0.05) is 11.9 Å². The molecule has 1 aromatic heterocycles. The number of aromatic nitrogens is 1. The number of amides is 1. The van der Waals surface area contributed by atoms with Crippen molar-refractivity contribution in [2.24, 2.45) is 0 Å². The molecule has 1 amide bonds. The number of anilines is 1. The van der Waals surface area contributed by atoms with Gasteiger partial charge < -0.3 is 10.6 Å². The molecule has 5 heteroatoms. The van der Waals surface area contributed by atoms with E-state index in [9.17, 15) is 4.79 Å². The van der Waals surface area contributed by atoms with Crippen LogP contribution in [0, 0.1) is 0 Å². The summed E-state index contributed by atoms with van der Waals surface area (Å²) in [7, 11) is 0. The lowest BCUT2D eigenvalue weighted by molar-refractivity contribution is -0.121. The third-order valence-corrected chi connectivity index (χ3v) is 2.82. The molecule has 0 fully saturated rings. The van der Waals surface area contributed by atoms with Gasteiger partial charge in [-0.3, -0.25) is 4.79 Å². The SMILES string of the molecule is CCNC(=O)C(C)Nc1nc(CC)cs1. The molecule has 1 rings (SSSR count). The Hall–Kier alpha value is -1.10. The third-order valence-electron chi connectivity index (χ3n) is 2.00. The van der Waals surface area contributed by atoms with Crippen LogP contribution in [0.3, 0.4) is 0 Å². The van der Waals surface area contributed by atoms with E-state index >= 15 is 0 Å². The molecule has 0 aliphatic rings. The second kappa shape index (κ2) is 5.70. The van der Waals surface area contributed by atoms with Crippen molar-refractivity contribution < 1.29 is 4.79 Å². The number of aryl methyl sites for hydroxylation is 1. The van der Waals surface area contributed by atoms with Gasteiger partial charge in [-0.25, -0.2) is 4.98 Å². The molecule has 0 saturated carbocycles. The monoisotopic (exact) mass is 227 g/mol. The Kier molecular flexibility index (Phi) is 4.55. The van der Waals surface area contributed by atoms with Gasteiger partial charge in [0.2, 0.25) is 5.91 Å². The van der Waals surface area contributed by atoms with E-state index in [1.54, 1.807) is 0 Å². The van der Waals surface area contributed by atoms with E-state index in [0.29, 0.717) is 6.54 Å². The van der Waals surface area contributed by atoms with E-state index in [0.717, 1.165) is 17.2 Å². The van der Waals surface area contributed by atoms with E-state index in [1.165, 1.54) is 11.3 Å². The number of thiazole rings is 1. The average Bonchev–Trinajstić information content (AvgIpc) is 2.66. The van der Waals surface area contributed by atoms with E-state index in [-0.39, 0.29) is 11.9 Å². The lowest BCUT2D eigenvalue weighted by atomic mass is 10.3. The van der Waals surface area contributed by atoms with Crippen molar-refractivity contribution in [3.05, 3.63) is 11.1 Å². The fraction of sp³-hybridized carbons (Fsp3) is 0.600. The zero-order chi connectivity index (χ0) is 11.3. The first kappa shape index (κ1) is 12.0. The van der Waals surface area contributed by atoms with Crippen LogP contribution in [0.5, 0.6) is 0 Å². The summed E-state index contributed by atoms with van der Waals surface area (Å²) < 4.78 is 0. The Morgan fingerprint density at radius 3 is 2.87 bits per heavy atom. The first-order valence-corrected chi connectivity index (χ1v) is 6.04. The number of nitrogens with one attached hydrogen (secondary N) is 2. The van der Waals surface area contributed by atoms with Crippen LogP contribution in [0.25, 0.3) is 0 Å². The quantitative estimate of drug-likeness (QED) is 0.804. The number of nitrogens with zero attached hydrogens (tertiary/aromatic N) is 1. The summed E-state index contributed by atoms with van der Waals surface area (Å²) in [5.74, 6) is 0.00532. The lowest BCUT2D eigenvalue weighted by Gasteiger charge is -2.11. The fourth-order valence-electron chi connectivity index (χ4n) is 1.11. The highest BCUT2D eigenvalue weighted by Gasteiger charge is 2.12. The summed E-state index contributed by atoms with van der Waals surface area (Å²) in [6, 6.07) is -0.235. The summed E-state index contributed by atoms with van der Waals surface area (Å²) in [6.45, 7) is 6.45. The maximum absolute atomic E-state index is 11.4. The largest absolute Gasteiger partial charge is 0.355 e. The maximum atomic E-state index is 11.4. The van der Waals surface area contributed by atoms with E-state index in [2.05, 4.69) is 22.5 Å². The van der Waals surface area contributed by atoms with E-state index in [4.69, 9.17) is 0 Å². The molecule has 0 spiro atoms. The smallest absolute Gasteiger partial charge is 0.242 e. The normalized spacial score (nSPS) is 12.2. The van der Waals surface area contributed by atoms with Crippen LogP contribution in [0.1, 0.15) is 26.5 Å². The third kappa shape index (κ3) is 3.51. The number of carbonyl (C=O) groups is 1. The fourth-order valence-corrected chi connectivity index (χ4v) is 2.00. The minimum Gasteiger partial charge on any atom is -0.355 e. The number of carbonyl (C=O) groups excluding carboxylic acids is 1. The molecule has 0 bridgehead atoms. The molecule has 0 aliphatic heterocycles. The maximum Gasteiger partial charge on any atom is 0.242 e. The molecule has 0 aromatic carbocycles. The first-order chi connectivity index (χ1) is 7.17. The molecule has 84 valence electrons. The predicted molar refractivity (Wildman–Crippen MR) is 63.3 cm³/mol. The van der Waals surface area contributed by atoms with Crippen molar-refractivity contribution in [3.8, 4) is 0 Å². The molecule has 0 saturated heterocycles. The molecular weight excluding hydrogens is 210 g/mol. The van der Waals surface area contributed by atoms with Crippen molar-refractivity contribution >= 4 is 22.4 Å². The van der Waals surface area contributed by atoms with Gasteiger partial charge in [0.15, 0.2) is 5.13 Å². The first-order valence-electron chi connectivity index (χ1n) is 5.16. The summed E-state index contributed by atoms with van der Waals surface area (Å²) in [5, 5.41) is 8.66. The van der Waals surface area contributed by atoms with Crippen molar-refractivity contribution in [2.45, 2.75) is 33.2 Å². The Bertz CT molecular complexity index is 324. The van der Waals surface area contributed by atoms with Crippen LogP contribution in [0.2, 0.25) is 0 Å². The van der Waals surface area contributed by atoms with Crippen molar-refractivity contribution in [3.63, 3.8) is 0 Å². The highest BCUT2D eigenvalue weighted by atomic mass is 32.1. The van der Waals surface area contributed by atoms with Gasteiger partial charge in [-0.2, -0.15) is 0 Å². The zero-order valence-corrected chi connectivity index (χ0v) is 10.1. The second-order valence-corrected chi connectivity index (χ2v) is 4.12. The van der Waals surface area contributed by atoms with Crippen LogP contribution in [0.15, 0.2) is 5.38 Å². The highest BCUT2D eigenvalue weighted by molar-refractivity contribution is 7.13. The Morgan fingerprint density at radius 1 is 1.60 bits per heavy atom. The minimum atomic E-state index is -0.235. The van der Waals surface area contributed by atoms with Crippen molar-refractivity contribution in [1.82, 2.24) is 10.3 Å². The summed E-state index contributed by atoms with van der Waals surface area (Å²) >= 11 is 1.54. The van der Waals surface area contributed by atoms with Gasteiger partial charge in [-0.15, -0.1) is 11.3 Å². The van der Waals surface area contributed by atoms with Gasteiger partial charge in [0.1, 0.15) is 6.04 Å². The predicted octanol–water partition coefficient (Wildman–Crippen LogP) is 1.64. The summed E-state index contributed by atoms with van der Waals surface area (Å²) in [5.41, 5.74) is 1.06. The van der Waals surface area contributed by atoms with Gasteiger partial charge in [-0.1, -0.05) is 6.92 Å². The number of hydrogen-bond donors (Lipinski definition) is 2. The van der Waals surface area contributed by atoms with Crippen molar-refractivity contribution in [2.75, 3.05) is 11.9 Å². The lowest BCUT2D eigenvalue weighted by Crippen LogP contribution is -2.37. The second-order valence-electron chi connectivity index (χ2n) is 3.26. The van der Waals surface area contributed by atoms with Crippen LogP contribution < -0.4 is 10.6 Å². The molecular formula is C10H17N3OS. The molecule has 1 atom stereocenters. The zero-order valence-electron chi connectivity index (χ0n) is 9.33. The molecule has 2 N–H and O–H groups in total. The van der Waals surface area contributed by atoms with Gasteiger partial charge in [-0.05, 0) is 20.3 Å². The number of hydrogen-bond acceptors (Lipinski definition) is 4. The van der Waals surface area contributed by atoms with E-state index < -0.39 is 0 Å². The van der Waals surface area contributed by atoms with Crippen LogP contribution >= 0.6 is 11.3 Å². The molecule has 1 heterocycles. The van der Waals surface area contributed by atoms with Gasteiger partial charge in [0.05, 0.1) is 5.69 Å². The summed E-state index contributed by atoms with van der Waals surface area (Å²) in [4.78, 5) is 15.8. The molecule has 4 nitrogen and oxygen atoms in total. The van der Waals surface area contributed by atoms with Gasteiger partial charge in [0.25, 0.3) is 0 Å². The van der Waals surface area contributed by atoms with Crippen LogP contribution in [0.4, 0.5) is 5.13 Å².